The van der Waals surface area contributed by atoms with E-state index in [2.05, 4.69) is 31.0 Å². The van der Waals surface area contributed by atoms with Gasteiger partial charge in [-0.1, -0.05) is 83.8 Å². The molecule has 12 heteroatoms. The average molecular weight is 511 g/mol. The lowest BCUT2D eigenvalue weighted by molar-refractivity contribution is -0.113. The van der Waals surface area contributed by atoms with E-state index >= 15 is 0 Å². The Bertz CT molecular complexity index is 1300. The van der Waals surface area contributed by atoms with E-state index in [0.29, 0.717) is 31.3 Å². The highest BCUT2D eigenvalue weighted by Gasteiger charge is 2.14. The van der Waals surface area contributed by atoms with Gasteiger partial charge in [0, 0.05) is 16.7 Å². The molecule has 2 aromatic heterocycles. The van der Waals surface area contributed by atoms with E-state index in [1.807, 2.05) is 13.0 Å². The molecule has 4 rings (SSSR count). The van der Waals surface area contributed by atoms with Gasteiger partial charge >= 0.3 is 0 Å². The number of nitrogens with zero attached hydrogens (tertiary/aromatic N) is 4. The first-order valence-electron chi connectivity index (χ1n) is 10.1. The van der Waals surface area contributed by atoms with Crippen LogP contribution in [0.2, 0.25) is 0 Å². The fourth-order valence-electron chi connectivity index (χ4n) is 2.75. The highest BCUT2D eigenvalue weighted by Crippen LogP contribution is 2.26. The van der Waals surface area contributed by atoms with Crippen LogP contribution in [-0.4, -0.2) is 43.7 Å². The highest BCUT2D eigenvalue weighted by atomic mass is 32.2. The number of benzene rings is 2. The van der Waals surface area contributed by atoms with Gasteiger partial charge in [-0.25, -0.2) is 0 Å². The minimum absolute atomic E-state index is 0.112. The van der Waals surface area contributed by atoms with Crippen LogP contribution in [0.1, 0.15) is 38.2 Å². The summed E-state index contributed by atoms with van der Waals surface area (Å²) in [5.41, 5.74) is 1.47. The van der Waals surface area contributed by atoms with Gasteiger partial charge < -0.3 is 0 Å². The highest BCUT2D eigenvalue weighted by molar-refractivity contribution is 8.01. The van der Waals surface area contributed by atoms with Crippen molar-refractivity contribution in [2.75, 3.05) is 16.4 Å². The molecule has 0 spiro atoms. The van der Waals surface area contributed by atoms with Gasteiger partial charge in [-0.15, -0.1) is 20.4 Å². The first-order valence-corrected chi connectivity index (χ1v) is 12.7. The van der Waals surface area contributed by atoms with Crippen molar-refractivity contribution in [1.82, 2.24) is 20.4 Å². The minimum Gasteiger partial charge on any atom is -0.300 e. The van der Waals surface area contributed by atoms with Crippen molar-refractivity contribution in [2.45, 2.75) is 17.7 Å². The molecule has 0 aliphatic rings. The zero-order valence-corrected chi connectivity index (χ0v) is 20.3. The standard InChI is InChI=1S/C22H18N6O3S3/c1-2-17-25-26-20(33-17)23-16(29)12-32-22-28-27-21(34-22)24-19(31)15-10-8-14(9-11-15)18(30)13-6-4-3-5-7-13/h3-11H,2,12H2,1H3,(H,23,26,29)(H,24,27,31). The van der Waals surface area contributed by atoms with E-state index in [9.17, 15) is 14.4 Å². The molecule has 0 unspecified atom stereocenters. The van der Waals surface area contributed by atoms with E-state index in [4.69, 9.17) is 0 Å². The number of anilines is 2. The molecule has 34 heavy (non-hydrogen) atoms. The van der Waals surface area contributed by atoms with Gasteiger partial charge in [0.1, 0.15) is 5.01 Å². The second-order valence-electron chi connectivity index (χ2n) is 6.79. The molecule has 2 aromatic carbocycles. The first-order chi connectivity index (χ1) is 16.5. The maximum absolute atomic E-state index is 12.5. The number of hydrogen-bond donors (Lipinski definition) is 2. The van der Waals surface area contributed by atoms with Crippen molar-refractivity contribution in [2.24, 2.45) is 0 Å². The fraction of sp³-hybridized carbons (Fsp3) is 0.136. The Kier molecular flexibility index (Phi) is 7.72. The minimum atomic E-state index is -0.368. The van der Waals surface area contributed by atoms with Crippen molar-refractivity contribution >= 4 is 62.3 Å². The van der Waals surface area contributed by atoms with Crippen LogP contribution in [0, 0.1) is 0 Å². The molecule has 0 atom stereocenters. The molecule has 0 fully saturated rings. The molecule has 0 bridgehead atoms. The van der Waals surface area contributed by atoms with Gasteiger partial charge in [0.25, 0.3) is 5.91 Å². The number of carbonyl (C=O) groups excluding carboxylic acids is 3. The van der Waals surface area contributed by atoms with Crippen molar-refractivity contribution < 1.29 is 14.4 Å². The summed E-state index contributed by atoms with van der Waals surface area (Å²) in [5, 5.41) is 22.8. The molecule has 0 saturated carbocycles. The Morgan fingerprint density at radius 2 is 1.44 bits per heavy atom. The molecule has 0 aliphatic heterocycles. The smallest absolute Gasteiger partial charge is 0.257 e. The Morgan fingerprint density at radius 1 is 0.794 bits per heavy atom. The summed E-state index contributed by atoms with van der Waals surface area (Å²) in [6, 6.07) is 15.4. The van der Waals surface area contributed by atoms with E-state index in [1.165, 1.54) is 34.4 Å². The normalized spacial score (nSPS) is 10.6. The van der Waals surface area contributed by atoms with Gasteiger partial charge in [-0.3, -0.25) is 25.0 Å². The van der Waals surface area contributed by atoms with Crippen LogP contribution in [0.5, 0.6) is 0 Å². The molecule has 0 aliphatic carbocycles. The molecule has 0 radical (unpaired) electrons. The zero-order chi connectivity index (χ0) is 23.9. The average Bonchev–Trinajstić information content (AvgIpc) is 3.52. The van der Waals surface area contributed by atoms with Crippen LogP contribution in [0.3, 0.4) is 0 Å². The number of hydrogen-bond acceptors (Lipinski definition) is 10. The molecular formula is C22H18N6O3S3. The molecule has 2 N–H and O–H groups in total. The molecule has 4 aromatic rings. The van der Waals surface area contributed by atoms with Crippen LogP contribution in [-0.2, 0) is 11.2 Å². The summed E-state index contributed by atoms with van der Waals surface area (Å²) in [7, 11) is 0. The third kappa shape index (κ3) is 6.10. The summed E-state index contributed by atoms with van der Waals surface area (Å²) in [4.78, 5) is 37.1. The summed E-state index contributed by atoms with van der Waals surface area (Å²) in [6.45, 7) is 1.97. The number of thioether (sulfide) groups is 1. The maximum atomic E-state index is 12.5. The molecular weight excluding hydrogens is 492 g/mol. The first kappa shape index (κ1) is 23.7. The summed E-state index contributed by atoms with van der Waals surface area (Å²) in [6.07, 6.45) is 0.761. The third-order valence-corrected chi connectivity index (χ3v) is 7.37. The Hall–Kier alpha value is -3.48. The van der Waals surface area contributed by atoms with E-state index in [1.54, 1.807) is 48.5 Å². The second-order valence-corrected chi connectivity index (χ2v) is 10.1. The quantitative estimate of drug-likeness (QED) is 0.195. The summed E-state index contributed by atoms with van der Waals surface area (Å²) < 4.78 is 0.542. The molecule has 9 nitrogen and oxygen atoms in total. The maximum Gasteiger partial charge on any atom is 0.257 e. The summed E-state index contributed by atoms with van der Waals surface area (Å²) >= 11 is 3.71. The number of aryl methyl sites for hydroxylation is 1. The van der Waals surface area contributed by atoms with Gasteiger partial charge in [0.05, 0.1) is 5.75 Å². The van der Waals surface area contributed by atoms with Crippen LogP contribution in [0.25, 0.3) is 0 Å². The van der Waals surface area contributed by atoms with Crippen molar-refractivity contribution in [3.05, 3.63) is 76.3 Å². The van der Waals surface area contributed by atoms with Crippen molar-refractivity contribution in [3.8, 4) is 0 Å². The number of ketones is 1. The number of nitrogens with one attached hydrogen (secondary N) is 2. The lowest BCUT2D eigenvalue weighted by Gasteiger charge is -2.04. The Balaban J connectivity index is 1.29. The topological polar surface area (TPSA) is 127 Å². The molecule has 0 saturated heterocycles. The zero-order valence-electron chi connectivity index (χ0n) is 17.8. The SMILES string of the molecule is CCc1nnc(NC(=O)CSc2nnc(NC(=O)c3ccc(C(=O)c4ccccc4)cc3)s2)s1. The lowest BCUT2D eigenvalue weighted by Crippen LogP contribution is -2.13. The second kappa shape index (κ2) is 11.1. The number of amides is 2. The van der Waals surface area contributed by atoms with E-state index < -0.39 is 0 Å². The monoisotopic (exact) mass is 510 g/mol. The number of rotatable bonds is 9. The molecule has 2 heterocycles. The van der Waals surface area contributed by atoms with E-state index in [0.717, 1.165) is 11.4 Å². The Morgan fingerprint density at radius 3 is 2.15 bits per heavy atom. The van der Waals surface area contributed by atoms with Gasteiger partial charge in [-0.2, -0.15) is 0 Å². The lowest BCUT2D eigenvalue weighted by atomic mass is 10.0. The van der Waals surface area contributed by atoms with Gasteiger partial charge in [0.15, 0.2) is 10.1 Å². The van der Waals surface area contributed by atoms with Crippen LogP contribution in [0.4, 0.5) is 10.3 Å². The fourth-order valence-corrected chi connectivity index (χ4v) is 4.99. The predicted octanol–water partition coefficient (Wildman–Crippen LogP) is 4.17. The predicted molar refractivity (Wildman–Crippen MR) is 133 cm³/mol. The largest absolute Gasteiger partial charge is 0.300 e. The van der Waals surface area contributed by atoms with Gasteiger partial charge in [0.2, 0.25) is 16.2 Å². The molecule has 2 amide bonds. The van der Waals surface area contributed by atoms with Crippen LogP contribution >= 0.6 is 34.4 Å². The van der Waals surface area contributed by atoms with Crippen LogP contribution in [0.15, 0.2) is 58.9 Å². The number of aromatic nitrogens is 4. The molecule has 172 valence electrons. The number of carbonyl (C=O) groups is 3. The Labute approximate surface area is 207 Å². The van der Waals surface area contributed by atoms with Crippen LogP contribution < -0.4 is 10.6 Å². The van der Waals surface area contributed by atoms with E-state index in [-0.39, 0.29) is 23.4 Å². The summed E-state index contributed by atoms with van der Waals surface area (Å²) in [5.74, 6) is -0.582. The van der Waals surface area contributed by atoms with Crippen molar-refractivity contribution in [1.29, 1.82) is 0 Å². The third-order valence-electron chi connectivity index (χ3n) is 4.41. The van der Waals surface area contributed by atoms with Gasteiger partial charge in [-0.05, 0) is 18.6 Å². The van der Waals surface area contributed by atoms with Crippen molar-refractivity contribution in [3.63, 3.8) is 0 Å².